The normalized spacial score (nSPS) is 18.4. The summed E-state index contributed by atoms with van der Waals surface area (Å²) in [6.07, 6.45) is 4.66. The molecule has 106 valence electrons. The number of rotatable bonds is 3. The first-order chi connectivity index (χ1) is 10.2. The van der Waals surface area contributed by atoms with Gasteiger partial charge in [0.05, 0.1) is 10.6 Å². The Balaban J connectivity index is 1.78. The van der Waals surface area contributed by atoms with Crippen molar-refractivity contribution < 1.29 is 4.79 Å². The van der Waals surface area contributed by atoms with E-state index >= 15 is 0 Å². The van der Waals surface area contributed by atoms with E-state index in [4.69, 9.17) is 0 Å². The van der Waals surface area contributed by atoms with Crippen LogP contribution >= 0.6 is 11.8 Å². The van der Waals surface area contributed by atoms with E-state index in [-0.39, 0.29) is 5.91 Å². The number of hydrogen-bond acceptors (Lipinski definition) is 3. The molecule has 0 saturated carbocycles. The lowest BCUT2D eigenvalue weighted by Crippen LogP contribution is -2.19. The lowest BCUT2D eigenvalue weighted by atomic mass is 10.2. The highest BCUT2D eigenvalue weighted by molar-refractivity contribution is 8.18. The quantitative estimate of drug-likeness (QED) is 0.852. The Morgan fingerprint density at radius 1 is 1.24 bits per heavy atom. The third kappa shape index (κ3) is 3.25. The summed E-state index contributed by atoms with van der Waals surface area (Å²) < 4.78 is 0. The fourth-order valence-corrected chi connectivity index (χ4v) is 2.81. The Hall–Kier alpha value is -2.27. The highest BCUT2D eigenvalue weighted by Crippen LogP contribution is 2.27. The van der Waals surface area contributed by atoms with E-state index in [1.54, 1.807) is 0 Å². The molecule has 1 fully saturated rings. The molecule has 0 radical (unpaired) electrons. The molecular weight excluding hydrogens is 282 g/mol. The number of nitrogens with zero attached hydrogens (tertiary/aromatic N) is 1. The van der Waals surface area contributed by atoms with Gasteiger partial charge in [-0.05, 0) is 54.1 Å². The van der Waals surface area contributed by atoms with Gasteiger partial charge in [-0.25, -0.2) is 4.99 Å². The Bertz CT molecular complexity index is 700. The number of amides is 1. The molecule has 1 aromatic heterocycles. The number of thioether (sulfide) groups is 1. The zero-order chi connectivity index (χ0) is 14.7. The molecule has 1 aliphatic heterocycles. The summed E-state index contributed by atoms with van der Waals surface area (Å²) in [5, 5.41) is 3.40. The molecule has 21 heavy (non-hydrogen) atoms. The highest BCUT2D eigenvalue weighted by Gasteiger charge is 2.23. The van der Waals surface area contributed by atoms with Crippen molar-refractivity contribution in [2.24, 2.45) is 4.99 Å². The predicted molar refractivity (Wildman–Crippen MR) is 87.4 cm³/mol. The molecular formula is C16H15N3OS. The first-order valence-corrected chi connectivity index (χ1v) is 7.58. The summed E-state index contributed by atoms with van der Waals surface area (Å²) in [5.74, 6) is -0.112. The van der Waals surface area contributed by atoms with E-state index < -0.39 is 0 Å². The Morgan fingerprint density at radius 3 is 2.71 bits per heavy atom. The number of aryl methyl sites for hydroxylation is 1. The van der Waals surface area contributed by atoms with Crippen LogP contribution in [0.1, 0.15) is 18.2 Å². The van der Waals surface area contributed by atoms with E-state index in [1.807, 2.05) is 36.5 Å². The molecule has 2 N–H and O–H groups in total. The minimum absolute atomic E-state index is 0.112. The number of nitrogens with one attached hydrogen (secondary N) is 2. The van der Waals surface area contributed by atoms with Gasteiger partial charge in [-0.1, -0.05) is 19.1 Å². The summed E-state index contributed by atoms with van der Waals surface area (Å²) in [7, 11) is 0. The molecule has 3 rings (SSSR count). The van der Waals surface area contributed by atoms with E-state index in [0.29, 0.717) is 10.1 Å². The van der Waals surface area contributed by atoms with Gasteiger partial charge in [0.25, 0.3) is 5.91 Å². The third-order valence-corrected chi connectivity index (χ3v) is 4.04. The van der Waals surface area contributed by atoms with Crippen LogP contribution in [0, 0.1) is 0 Å². The van der Waals surface area contributed by atoms with Crippen LogP contribution in [0.5, 0.6) is 0 Å². The summed E-state index contributed by atoms with van der Waals surface area (Å²) in [4.78, 5) is 20.1. The van der Waals surface area contributed by atoms with Crippen LogP contribution in [0.2, 0.25) is 0 Å². The van der Waals surface area contributed by atoms with Crippen LogP contribution in [-0.2, 0) is 11.2 Å². The number of amidine groups is 1. The van der Waals surface area contributed by atoms with Crippen LogP contribution in [0.25, 0.3) is 6.08 Å². The number of hydrogen-bond donors (Lipinski definition) is 2. The molecule has 5 heteroatoms. The van der Waals surface area contributed by atoms with Crippen LogP contribution < -0.4 is 5.32 Å². The second-order valence-corrected chi connectivity index (χ2v) is 5.66. The fourth-order valence-electron chi connectivity index (χ4n) is 1.98. The van der Waals surface area contributed by atoms with E-state index in [1.165, 1.54) is 17.3 Å². The molecule has 0 aliphatic carbocycles. The minimum Gasteiger partial charge on any atom is -0.362 e. The summed E-state index contributed by atoms with van der Waals surface area (Å²) in [6, 6.07) is 11.8. The number of aliphatic imine (C=N–C) groups is 1. The SMILES string of the molecule is CCc1ccc(N=C2NC(=O)/C(=C\c3ccc[nH]3)S2)cc1. The maximum absolute atomic E-state index is 11.9. The van der Waals surface area contributed by atoms with Crippen molar-refractivity contribution >= 4 is 34.6 Å². The van der Waals surface area contributed by atoms with Gasteiger partial charge >= 0.3 is 0 Å². The van der Waals surface area contributed by atoms with Crippen molar-refractivity contribution in [3.63, 3.8) is 0 Å². The standard InChI is InChI=1S/C16H15N3OS/c1-2-11-5-7-12(8-6-11)18-16-19-15(20)14(21-16)10-13-4-3-9-17-13/h3-10,17H,2H2,1H3,(H,18,19,20)/b14-10+. The van der Waals surface area contributed by atoms with Crippen molar-refractivity contribution in [3.05, 3.63) is 58.8 Å². The molecule has 2 heterocycles. The summed E-state index contributed by atoms with van der Waals surface area (Å²) in [5.41, 5.74) is 3.02. The van der Waals surface area contributed by atoms with Crippen LogP contribution in [-0.4, -0.2) is 16.1 Å². The van der Waals surface area contributed by atoms with Crippen molar-refractivity contribution in [1.82, 2.24) is 10.3 Å². The number of benzene rings is 1. The molecule has 0 spiro atoms. The largest absolute Gasteiger partial charge is 0.362 e. The number of carbonyl (C=O) groups excluding carboxylic acids is 1. The zero-order valence-corrected chi connectivity index (χ0v) is 12.4. The van der Waals surface area contributed by atoms with Gasteiger partial charge in [-0.15, -0.1) is 0 Å². The van der Waals surface area contributed by atoms with Crippen molar-refractivity contribution in [2.75, 3.05) is 0 Å². The molecule has 1 aromatic carbocycles. The Kier molecular flexibility index (Phi) is 3.92. The number of H-pyrrole nitrogens is 1. The monoisotopic (exact) mass is 297 g/mol. The maximum atomic E-state index is 11.9. The van der Waals surface area contributed by atoms with Gasteiger partial charge in [0.2, 0.25) is 0 Å². The molecule has 1 amide bonds. The molecule has 0 bridgehead atoms. The first-order valence-electron chi connectivity index (χ1n) is 6.76. The van der Waals surface area contributed by atoms with E-state index in [9.17, 15) is 4.79 Å². The number of aromatic nitrogens is 1. The van der Waals surface area contributed by atoms with Gasteiger partial charge in [0, 0.05) is 11.9 Å². The first kappa shape index (κ1) is 13.7. The molecule has 2 aromatic rings. The molecule has 0 atom stereocenters. The number of carbonyl (C=O) groups is 1. The average molecular weight is 297 g/mol. The molecule has 1 aliphatic rings. The summed E-state index contributed by atoms with van der Waals surface area (Å²) in [6.45, 7) is 2.12. The smallest absolute Gasteiger partial charge is 0.264 e. The van der Waals surface area contributed by atoms with Crippen molar-refractivity contribution in [2.45, 2.75) is 13.3 Å². The van der Waals surface area contributed by atoms with Gasteiger partial charge in [0.1, 0.15) is 0 Å². The second kappa shape index (κ2) is 6.01. The van der Waals surface area contributed by atoms with Gasteiger partial charge < -0.3 is 10.3 Å². The van der Waals surface area contributed by atoms with E-state index in [0.717, 1.165) is 17.8 Å². The third-order valence-electron chi connectivity index (χ3n) is 3.13. The minimum atomic E-state index is -0.112. The number of aromatic amines is 1. The van der Waals surface area contributed by atoms with Crippen LogP contribution in [0.3, 0.4) is 0 Å². The average Bonchev–Trinajstić information content (AvgIpc) is 3.11. The Labute approximate surface area is 127 Å². The molecule has 1 saturated heterocycles. The topological polar surface area (TPSA) is 57.2 Å². The molecule has 0 unspecified atom stereocenters. The van der Waals surface area contributed by atoms with Gasteiger partial charge in [0.15, 0.2) is 5.17 Å². The van der Waals surface area contributed by atoms with Crippen molar-refractivity contribution in [1.29, 1.82) is 0 Å². The van der Waals surface area contributed by atoms with Crippen LogP contribution in [0.4, 0.5) is 5.69 Å². The fraction of sp³-hybridized carbons (Fsp3) is 0.125. The lowest BCUT2D eigenvalue weighted by Gasteiger charge is -1.98. The van der Waals surface area contributed by atoms with Crippen molar-refractivity contribution in [3.8, 4) is 0 Å². The predicted octanol–water partition coefficient (Wildman–Crippen LogP) is 3.47. The zero-order valence-electron chi connectivity index (χ0n) is 11.6. The molecule has 4 nitrogen and oxygen atoms in total. The second-order valence-electron chi connectivity index (χ2n) is 4.63. The summed E-state index contributed by atoms with van der Waals surface area (Å²) >= 11 is 1.35. The highest BCUT2D eigenvalue weighted by atomic mass is 32.2. The van der Waals surface area contributed by atoms with Gasteiger partial charge in [-0.3, -0.25) is 4.79 Å². The maximum Gasteiger partial charge on any atom is 0.264 e. The Morgan fingerprint density at radius 2 is 2.05 bits per heavy atom. The lowest BCUT2D eigenvalue weighted by molar-refractivity contribution is -0.115. The van der Waals surface area contributed by atoms with Gasteiger partial charge in [-0.2, -0.15) is 0 Å². The van der Waals surface area contributed by atoms with E-state index in [2.05, 4.69) is 34.3 Å². The van der Waals surface area contributed by atoms with Crippen LogP contribution in [0.15, 0.2) is 52.5 Å².